The fourth-order valence-corrected chi connectivity index (χ4v) is 2.59. The van der Waals surface area contributed by atoms with Gasteiger partial charge in [0, 0.05) is 6.54 Å². The predicted octanol–water partition coefficient (Wildman–Crippen LogP) is 2.85. The standard InChI is InChI=1S/C16H17FN2O/c17-13-4-6-14(7-5-13)20-11-10-19-9-8-12-2-1-3-15(18)16(12)19/h1-7H,8-11,18H2. The zero-order valence-electron chi connectivity index (χ0n) is 11.2. The van der Waals surface area contributed by atoms with E-state index in [-0.39, 0.29) is 5.82 Å². The number of anilines is 2. The van der Waals surface area contributed by atoms with Gasteiger partial charge in [-0.1, -0.05) is 12.1 Å². The first-order valence-corrected chi connectivity index (χ1v) is 6.75. The van der Waals surface area contributed by atoms with Crippen LogP contribution in [0.4, 0.5) is 15.8 Å². The van der Waals surface area contributed by atoms with Crippen molar-refractivity contribution in [1.82, 2.24) is 0 Å². The molecule has 0 aliphatic carbocycles. The van der Waals surface area contributed by atoms with Crippen LogP contribution in [-0.2, 0) is 6.42 Å². The van der Waals surface area contributed by atoms with E-state index in [2.05, 4.69) is 11.0 Å². The van der Waals surface area contributed by atoms with Crippen LogP contribution in [0.2, 0.25) is 0 Å². The second-order valence-electron chi connectivity index (χ2n) is 4.89. The topological polar surface area (TPSA) is 38.5 Å². The van der Waals surface area contributed by atoms with Crippen LogP contribution in [0.1, 0.15) is 5.56 Å². The van der Waals surface area contributed by atoms with Crippen LogP contribution in [0.3, 0.4) is 0 Å². The highest BCUT2D eigenvalue weighted by Crippen LogP contribution is 2.33. The second-order valence-corrected chi connectivity index (χ2v) is 4.89. The maximum Gasteiger partial charge on any atom is 0.123 e. The van der Waals surface area contributed by atoms with Gasteiger partial charge in [0.15, 0.2) is 0 Å². The highest BCUT2D eigenvalue weighted by atomic mass is 19.1. The first kappa shape index (κ1) is 12.8. The summed E-state index contributed by atoms with van der Waals surface area (Å²) in [6.45, 7) is 2.30. The minimum Gasteiger partial charge on any atom is -0.492 e. The normalized spacial score (nSPS) is 13.3. The number of hydrogen-bond acceptors (Lipinski definition) is 3. The molecule has 104 valence electrons. The molecule has 1 aliphatic heterocycles. The zero-order valence-corrected chi connectivity index (χ0v) is 11.2. The summed E-state index contributed by atoms with van der Waals surface area (Å²) in [6.07, 6.45) is 1.02. The zero-order chi connectivity index (χ0) is 13.9. The largest absolute Gasteiger partial charge is 0.492 e. The van der Waals surface area contributed by atoms with Crippen LogP contribution in [0.25, 0.3) is 0 Å². The molecule has 2 N–H and O–H groups in total. The molecule has 0 aromatic heterocycles. The van der Waals surface area contributed by atoms with Crippen LogP contribution in [-0.4, -0.2) is 19.7 Å². The summed E-state index contributed by atoms with van der Waals surface area (Å²) in [4.78, 5) is 2.24. The van der Waals surface area contributed by atoms with Gasteiger partial charge in [0.1, 0.15) is 18.2 Å². The van der Waals surface area contributed by atoms with Crippen LogP contribution in [0, 0.1) is 5.82 Å². The van der Waals surface area contributed by atoms with Gasteiger partial charge in [-0.15, -0.1) is 0 Å². The highest BCUT2D eigenvalue weighted by molar-refractivity contribution is 5.74. The maximum absolute atomic E-state index is 12.8. The Morgan fingerprint density at radius 3 is 2.75 bits per heavy atom. The van der Waals surface area contributed by atoms with Gasteiger partial charge in [0.25, 0.3) is 0 Å². The summed E-state index contributed by atoms with van der Waals surface area (Å²) in [7, 11) is 0. The summed E-state index contributed by atoms with van der Waals surface area (Å²) in [5.41, 5.74) is 9.29. The number of nitrogens with two attached hydrogens (primary N) is 1. The van der Waals surface area contributed by atoms with Crippen LogP contribution >= 0.6 is 0 Å². The number of nitrogen functional groups attached to an aromatic ring is 1. The van der Waals surface area contributed by atoms with E-state index in [1.807, 2.05) is 12.1 Å². The lowest BCUT2D eigenvalue weighted by Crippen LogP contribution is -2.26. The molecule has 0 saturated carbocycles. The van der Waals surface area contributed by atoms with E-state index < -0.39 is 0 Å². The van der Waals surface area contributed by atoms with Gasteiger partial charge < -0.3 is 15.4 Å². The van der Waals surface area contributed by atoms with Crippen LogP contribution in [0.15, 0.2) is 42.5 Å². The van der Waals surface area contributed by atoms with Crippen molar-refractivity contribution in [2.75, 3.05) is 30.3 Å². The molecule has 0 amide bonds. The molecule has 2 aromatic carbocycles. The molecular formula is C16H17FN2O. The van der Waals surface area contributed by atoms with Crippen LogP contribution < -0.4 is 15.4 Å². The fraction of sp³-hybridized carbons (Fsp3) is 0.250. The molecule has 1 heterocycles. The number of hydrogen-bond donors (Lipinski definition) is 1. The molecule has 0 fully saturated rings. The van der Waals surface area contributed by atoms with E-state index in [1.54, 1.807) is 12.1 Å². The van der Waals surface area contributed by atoms with Gasteiger partial charge in [-0.05, 0) is 42.3 Å². The summed E-state index contributed by atoms with van der Waals surface area (Å²) in [5, 5.41) is 0. The van der Waals surface area contributed by atoms with Gasteiger partial charge in [0.2, 0.25) is 0 Å². The van der Waals surface area contributed by atoms with Crippen molar-refractivity contribution in [2.45, 2.75) is 6.42 Å². The number of halogens is 1. The molecular weight excluding hydrogens is 255 g/mol. The number of benzene rings is 2. The van der Waals surface area contributed by atoms with E-state index in [4.69, 9.17) is 10.5 Å². The number of fused-ring (bicyclic) bond motifs is 1. The number of para-hydroxylation sites is 1. The molecule has 20 heavy (non-hydrogen) atoms. The lowest BCUT2D eigenvalue weighted by atomic mass is 10.1. The quantitative estimate of drug-likeness (QED) is 0.870. The Bertz CT molecular complexity index is 598. The molecule has 1 aliphatic rings. The summed E-state index contributed by atoms with van der Waals surface area (Å²) < 4.78 is 18.4. The van der Waals surface area contributed by atoms with E-state index >= 15 is 0 Å². The molecule has 0 radical (unpaired) electrons. The number of rotatable bonds is 4. The summed E-state index contributed by atoms with van der Waals surface area (Å²) in [6, 6.07) is 12.1. The van der Waals surface area contributed by atoms with Gasteiger partial charge >= 0.3 is 0 Å². The smallest absolute Gasteiger partial charge is 0.123 e. The monoisotopic (exact) mass is 272 g/mol. The van der Waals surface area contributed by atoms with Gasteiger partial charge in [-0.3, -0.25) is 0 Å². The third-order valence-corrected chi connectivity index (χ3v) is 3.56. The second kappa shape index (κ2) is 5.41. The molecule has 3 nitrogen and oxygen atoms in total. The third-order valence-electron chi connectivity index (χ3n) is 3.56. The van der Waals surface area contributed by atoms with Crippen molar-refractivity contribution in [1.29, 1.82) is 0 Å². The molecule has 4 heteroatoms. The summed E-state index contributed by atoms with van der Waals surface area (Å²) in [5.74, 6) is 0.436. The maximum atomic E-state index is 12.8. The molecule has 0 bridgehead atoms. The average molecular weight is 272 g/mol. The Kier molecular flexibility index (Phi) is 3.46. The van der Waals surface area contributed by atoms with Crippen molar-refractivity contribution in [3.63, 3.8) is 0 Å². The Labute approximate surface area is 117 Å². The van der Waals surface area contributed by atoms with E-state index in [0.717, 1.165) is 30.9 Å². The molecule has 0 spiro atoms. The third kappa shape index (κ3) is 2.54. The van der Waals surface area contributed by atoms with Gasteiger partial charge in [-0.25, -0.2) is 4.39 Å². The number of ether oxygens (including phenoxy) is 1. The SMILES string of the molecule is Nc1cccc2c1N(CCOc1ccc(F)cc1)CC2. The summed E-state index contributed by atoms with van der Waals surface area (Å²) >= 11 is 0. The minimum absolute atomic E-state index is 0.251. The van der Waals surface area contributed by atoms with Crippen molar-refractivity contribution in [3.05, 3.63) is 53.8 Å². The number of nitrogens with zero attached hydrogens (tertiary/aromatic N) is 1. The molecule has 0 atom stereocenters. The lowest BCUT2D eigenvalue weighted by Gasteiger charge is -2.21. The highest BCUT2D eigenvalue weighted by Gasteiger charge is 2.20. The Balaban J connectivity index is 1.60. The van der Waals surface area contributed by atoms with Crippen LogP contribution in [0.5, 0.6) is 5.75 Å². The molecule has 3 rings (SSSR count). The van der Waals surface area contributed by atoms with Crippen molar-refractivity contribution in [3.8, 4) is 5.75 Å². The molecule has 0 unspecified atom stereocenters. The fourth-order valence-electron chi connectivity index (χ4n) is 2.59. The van der Waals surface area contributed by atoms with E-state index in [1.165, 1.54) is 17.7 Å². The Hall–Kier alpha value is -2.23. The average Bonchev–Trinajstić information content (AvgIpc) is 2.86. The van der Waals surface area contributed by atoms with Gasteiger partial charge in [-0.2, -0.15) is 0 Å². The van der Waals surface area contributed by atoms with Crippen molar-refractivity contribution in [2.24, 2.45) is 0 Å². The van der Waals surface area contributed by atoms with Crippen molar-refractivity contribution >= 4 is 11.4 Å². The first-order valence-electron chi connectivity index (χ1n) is 6.75. The first-order chi connectivity index (χ1) is 9.74. The van der Waals surface area contributed by atoms with Gasteiger partial charge in [0.05, 0.1) is 17.9 Å². The van der Waals surface area contributed by atoms with E-state index in [0.29, 0.717) is 12.4 Å². The predicted molar refractivity (Wildman–Crippen MR) is 78.7 cm³/mol. The Morgan fingerprint density at radius 1 is 1.15 bits per heavy atom. The minimum atomic E-state index is -0.251. The lowest BCUT2D eigenvalue weighted by molar-refractivity contribution is 0.324. The van der Waals surface area contributed by atoms with Crippen molar-refractivity contribution < 1.29 is 9.13 Å². The van der Waals surface area contributed by atoms with E-state index in [9.17, 15) is 4.39 Å². The molecule has 0 saturated heterocycles. The Morgan fingerprint density at radius 2 is 1.95 bits per heavy atom. The molecule has 2 aromatic rings.